The van der Waals surface area contributed by atoms with Gasteiger partial charge >= 0.3 is 0 Å². The van der Waals surface area contributed by atoms with E-state index in [0.29, 0.717) is 17.6 Å². The normalized spacial score (nSPS) is 18.6. The van der Waals surface area contributed by atoms with E-state index in [1.165, 1.54) is 6.92 Å². The van der Waals surface area contributed by atoms with E-state index in [1.54, 1.807) is 6.92 Å². The van der Waals surface area contributed by atoms with Crippen molar-refractivity contribution in [2.24, 2.45) is 0 Å². The summed E-state index contributed by atoms with van der Waals surface area (Å²) < 4.78 is 0. The molecule has 1 heterocycles. The van der Waals surface area contributed by atoms with Crippen molar-refractivity contribution in [3.63, 3.8) is 0 Å². The lowest BCUT2D eigenvalue weighted by Crippen LogP contribution is -2.27. The third kappa shape index (κ3) is 0.952. The molecule has 0 saturated carbocycles. The Balaban J connectivity index is 3.08. The number of imide groups is 1. The van der Waals surface area contributed by atoms with Crippen LogP contribution in [0, 0.1) is 0 Å². The fourth-order valence-corrected chi connectivity index (χ4v) is 1.08. The predicted molar refractivity (Wildman–Crippen MR) is 36.6 cm³/mol. The van der Waals surface area contributed by atoms with Gasteiger partial charge in [0.1, 0.15) is 0 Å². The molecule has 0 bridgehead atoms. The molecule has 4 heteroatoms. The van der Waals surface area contributed by atoms with Gasteiger partial charge in [-0.1, -0.05) is 6.92 Å². The number of hydrogen-bond acceptors (Lipinski definition) is 3. The molecule has 0 unspecified atom stereocenters. The van der Waals surface area contributed by atoms with E-state index in [1.807, 2.05) is 0 Å². The second-order valence-electron chi connectivity index (χ2n) is 2.38. The van der Waals surface area contributed by atoms with E-state index >= 15 is 0 Å². The zero-order valence-electron chi connectivity index (χ0n) is 6.42. The first-order chi connectivity index (χ1) is 5.09. The van der Waals surface area contributed by atoms with Gasteiger partial charge in [-0.15, -0.1) is 5.06 Å². The Bertz CT molecular complexity index is 254. The fourth-order valence-electron chi connectivity index (χ4n) is 1.08. The summed E-state index contributed by atoms with van der Waals surface area (Å²) in [5, 5.41) is 8.99. The van der Waals surface area contributed by atoms with Gasteiger partial charge in [0.05, 0.1) is 0 Å². The fraction of sp³-hybridized carbons (Fsp3) is 0.429. The second-order valence-corrected chi connectivity index (χ2v) is 2.38. The average molecular weight is 155 g/mol. The number of carbonyl (C=O) groups is 2. The molecule has 1 rings (SSSR count). The van der Waals surface area contributed by atoms with Crippen molar-refractivity contribution < 1.29 is 14.8 Å². The lowest BCUT2D eigenvalue weighted by molar-refractivity contribution is -0.170. The van der Waals surface area contributed by atoms with Crippen molar-refractivity contribution in [1.82, 2.24) is 5.06 Å². The number of hydroxylamine groups is 2. The molecule has 4 nitrogen and oxygen atoms in total. The van der Waals surface area contributed by atoms with E-state index in [9.17, 15) is 9.59 Å². The molecule has 1 aliphatic heterocycles. The molecule has 11 heavy (non-hydrogen) atoms. The summed E-state index contributed by atoms with van der Waals surface area (Å²) in [6, 6.07) is 0. The molecule has 0 aromatic carbocycles. The van der Waals surface area contributed by atoms with Gasteiger partial charge in [-0.2, -0.15) is 0 Å². The smallest absolute Gasteiger partial charge is 0.278 e. The van der Waals surface area contributed by atoms with Gasteiger partial charge in [-0.3, -0.25) is 14.8 Å². The lowest BCUT2D eigenvalue weighted by Gasteiger charge is -2.02. The maximum absolute atomic E-state index is 11.0. The van der Waals surface area contributed by atoms with E-state index in [4.69, 9.17) is 5.21 Å². The number of rotatable bonds is 1. The summed E-state index contributed by atoms with van der Waals surface area (Å²) in [5.41, 5.74) is 0.748. The Morgan fingerprint density at radius 2 is 1.91 bits per heavy atom. The molecule has 2 amide bonds. The Hall–Kier alpha value is -1.16. The van der Waals surface area contributed by atoms with Crippen LogP contribution in [0.5, 0.6) is 0 Å². The quantitative estimate of drug-likeness (QED) is 0.442. The van der Waals surface area contributed by atoms with Gasteiger partial charge in [-0.05, 0) is 13.3 Å². The molecule has 60 valence electrons. The Labute approximate surface area is 64.1 Å². The lowest BCUT2D eigenvalue weighted by atomic mass is 10.1. The molecule has 0 fully saturated rings. The standard InChI is InChI=1S/C7H9NO3/c1-3-5-4(2)6(9)8(11)7(5)10/h11H,3H2,1-2H3. The van der Waals surface area contributed by atoms with Crippen LogP contribution in [0.25, 0.3) is 0 Å². The maximum Gasteiger partial charge on any atom is 0.281 e. The molecule has 0 saturated heterocycles. The highest BCUT2D eigenvalue weighted by molar-refractivity contribution is 6.17. The van der Waals surface area contributed by atoms with E-state index < -0.39 is 11.8 Å². The van der Waals surface area contributed by atoms with Crippen LogP contribution in [-0.4, -0.2) is 22.1 Å². The highest BCUT2D eigenvalue weighted by Crippen LogP contribution is 2.20. The SMILES string of the molecule is CCC1=C(C)C(=O)N(O)C1=O. The van der Waals surface area contributed by atoms with Crippen molar-refractivity contribution in [2.75, 3.05) is 0 Å². The first kappa shape index (κ1) is 7.94. The Kier molecular flexibility index (Phi) is 1.78. The van der Waals surface area contributed by atoms with Gasteiger partial charge in [0.2, 0.25) is 0 Å². The van der Waals surface area contributed by atoms with Crippen molar-refractivity contribution in [1.29, 1.82) is 0 Å². The molecular formula is C7H9NO3. The number of nitrogens with zero attached hydrogens (tertiary/aromatic N) is 1. The molecular weight excluding hydrogens is 146 g/mol. The number of amides is 2. The summed E-state index contributed by atoms with van der Waals surface area (Å²) >= 11 is 0. The third-order valence-corrected chi connectivity index (χ3v) is 1.77. The molecule has 1 aliphatic rings. The Morgan fingerprint density at radius 1 is 1.36 bits per heavy atom. The molecule has 1 N–H and O–H groups in total. The molecule has 0 aromatic rings. The largest absolute Gasteiger partial charge is 0.281 e. The first-order valence-electron chi connectivity index (χ1n) is 3.37. The zero-order chi connectivity index (χ0) is 8.59. The zero-order valence-corrected chi connectivity index (χ0v) is 6.42. The van der Waals surface area contributed by atoms with Gasteiger partial charge in [0.15, 0.2) is 0 Å². The van der Waals surface area contributed by atoms with Crippen molar-refractivity contribution >= 4 is 11.8 Å². The molecule has 0 atom stereocenters. The van der Waals surface area contributed by atoms with E-state index in [0.717, 1.165) is 0 Å². The van der Waals surface area contributed by atoms with Gasteiger partial charge in [0.25, 0.3) is 11.8 Å². The minimum atomic E-state index is -0.605. The summed E-state index contributed by atoms with van der Waals surface area (Å²) in [5.74, 6) is -1.19. The minimum absolute atomic E-state index is 0.161. The number of hydrogen-bond donors (Lipinski definition) is 1. The average Bonchev–Trinajstić information content (AvgIpc) is 2.17. The maximum atomic E-state index is 11.0. The first-order valence-corrected chi connectivity index (χ1v) is 3.37. The predicted octanol–water partition coefficient (Wildman–Crippen LogP) is 0.471. The van der Waals surface area contributed by atoms with Crippen LogP contribution in [0.4, 0.5) is 0 Å². The molecule has 0 aromatic heterocycles. The van der Waals surface area contributed by atoms with Crippen molar-refractivity contribution in [2.45, 2.75) is 20.3 Å². The van der Waals surface area contributed by atoms with Crippen LogP contribution in [-0.2, 0) is 9.59 Å². The molecule has 0 aliphatic carbocycles. The van der Waals surface area contributed by atoms with Crippen molar-refractivity contribution in [3.8, 4) is 0 Å². The second kappa shape index (κ2) is 2.47. The van der Waals surface area contributed by atoms with Gasteiger partial charge in [-0.25, -0.2) is 0 Å². The monoisotopic (exact) mass is 155 g/mol. The summed E-state index contributed by atoms with van der Waals surface area (Å²) in [6.07, 6.45) is 0.480. The van der Waals surface area contributed by atoms with E-state index in [-0.39, 0.29) is 5.06 Å². The topological polar surface area (TPSA) is 57.6 Å². The van der Waals surface area contributed by atoms with Crippen LogP contribution in [0.3, 0.4) is 0 Å². The van der Waals surface area contributed by atoms with E-state index in [2.05, 4.69) is 0 Å². The minimum Gasteiger partial charge on any atom is -0.278 e. The van der Waals surface area contributed by atoms with Crippen LogP contribution in [0.15, 0.2) is 11.1 Å². The molecule has 0 radical (unpaired) electrons. The highest BCUT2D eigenvalue weighted by atomic mass is 16.5. The Morgan fingerprint density at radius 3 is 2.09 bits per heavy atom. The highest BCUT2D eigenvalue weighted by Gasteiger charge is 2.33. The van der Waals surface area contributed by atoms with Crippen LogP contribution in [0.2, 0.25) is 0 Å². The third-order valence-electron chi connectivity index (χ3n) is 1.77. The summed E-state index contributed by atoms with van der Waals surface area (Å²) in [6.45, 7) is 3.30. The number of carbonyl (C=O) groups excluding carboxylic acids is 2. The van der Waals surface area contributed by atoms with Crippen molar-refractivity contribution in [3.05, 3.63) is 11.1 Å². The van der Waals surface area contributed by atoms with Gasteiger partial charge in [0, 0.05) is 11.1 Å². The summed E-state index contributed by atoms with van der Waals surface area (Å²) in [7, 11) is 0. The molecule has 0 spiro atoms. The van der Waals surface area contributed by atoms with Crippen LogP contribution >= 0.6 is 0 Å². The van der Waals surface area contributed by atoms with Crippen LogP contribution < -0.4 is 0 Å². The van der Waals surface area contributed by atoms with Gasteiger partial charge < -0.3 is 0 Å². The van der Waals surface area contributed by atoms with Crippen LogP contribution in [0.1, 0.15) is 20.3 Å². The summed E-state index contributed by atoms with van der Waals surface area (Å²) in [4.78, 5) is 21.8.